The van der Waals surface area contributed by atoms with Crippen LogP contribution in [0, 0.1) is 12.8 Å². The van der Waals surface area contributed by atoms with Gasteiger partial charge in [-0.05, 0) is 43.5 Å². The normalized spacial score (nSPS) is 14.1. The molecule has 2 unspecified atom stereocenters. The Balaban J connectivity index is 2.14. The van der Waals surface area contributed by atoms with Gasteiger partial charge in [0.25, 0.3) is 0 Å². The number of hydrogen-bond acceptors (Lipinski definition) is 4. The molecule has 2 atom stereocenters. The number of hydrogen-bond donors (Lipinski definition) is 2. The van der Waals surface area contributed by atoms with E-state index in [1.54, 1.807) is 0 Å². The fourth-order valence-electron chi connectivity index (χ4n) is 1.73. The Hall–Kier alpha value is -0.710. The molecule has 0 aliphatic heterocycles. The molecule has 4 heteroatoms. The fourth-order valence-corrected chi connectivity index (χ4v) is 2.41. The van der Waals surface area contributed by atoms with Crippen LogP contribution in [0.2, 0.25) is 0 Å². The summed E-state index contributed by atoms with van der Waals surface area (Å²) in [4.78, 5) is 0. The van der Waals surface area contributed by atoms with E-state index >= 15 is 0 Å². The molecule has 0 bridgehead atoms. The van der Waals surface area contributed by atoms with Crippen molar-refractivity contribution in [1.29, 1.82) is 0 Å². The number of rotatable bonds is 9. The van der Waals surface area contributed by atoms with Crippen LogP contribution in [0.15, 0.2) is 24.3 Å². The number of thioether (sulfide) groups is 1. The van der Waals surface area contributed by atoms with Crippen molar-refractivity contribution in [2.24, 2.45) is 5.92 Å². The number of nitrogens with one attached hydrogen (secondary N) is 1. The minimum Gasteiger partial charge on any atom is -0.491 e. The van der Waals surface area contributed by atoms with E-state index in [9.17, 15) is 5.11 Å². The van der Waals surface area contributed by atoms with Crippen LogP contribution >= 0.6 is 11.8 Å². The molecule has 0 aliphatic carbocycles. The quantitative estimate of drug-likeness (QED) is 0.730. The van der Waals surface area contributed by atoms with Crippen molar-refractivity contribution in [2.45, 2.75) is 20.0 Å². The van der Waals surface area contributed by atoms with Gasteiger partial charge in [0, 0.05) is 6.54 Å². The van der Waals surface area contributed by atoms with Gasteiger partial charge in [0.2, 0.25) is 0 Å². The number of aliphatic hydroxyl groups is 1. The van der Waals surface area contributed by atoms with Gasteiger partial charge in [-0.2, -0.15) is 11.8 Å². The predicted octanol–water partition coefficient (Wildman–Crippen LogP) is 2.32. The third-order valence-corrected chi connectivity index (χ3v) is 3.69. The van der Waals surface area contributed by atoms with Gasteiger partial charge in [0.05, 0.1) is 0 Å². The molecule has 0 saturated heterocycles. The molecule has 0 fully saturated rings. The van der Waals surface area contributed by atoms with Crippen molar-refractivity contribution in [1.82, 2.24) is 5.32 Å². The Morgan fingerprint density at radius 1 is 1.26 bits per heavy atom. The van der Waals surface area contributed by atoms with Crippen LogP contribution in [-0.4, -0.2) is 42.9 Å². The third-order valence-electron chi connectivity index (χ3n) is 2.79. The highest BCUT2D eigenvalue weighted by atomic mass is 32.2. The molecule has 2 N–H and O–H groups in total. The number of aliphatic hydroxyl groups excluding tert-OH is 1. The summed E-state index contributed by atoms with van der Waals surface area (Å²) in [5.74, 6) is 2.57. The minimum atomic E-state index is -0.470. The zero-order valence-corrected chi connectivity index (χ0v) is 12.9. The second-order valence-electron chi connectivity index (χ2n) is 5.00. The van der Waals surface area contributed by atoms with Crippen molar-refractivity contribution >= 4 is 11.8 Å². The van der Waals surface area contributed by atoms with Crippen LogP contribution in [0.3, 0.4) is 0 Å². The van der Waals surface area contributed by atoms with Crippen LogP contribution in [0.4, 0.5) is 0 Å². The monoisotopic (exact) mass is 283 g/mol. The van der Waals surface area contributed by atoms with Gasteiger partial charge in [-0.25, -0.2) is 0 Å². The van der Waals surface area contributed by atoms with Gasteiger partial charge in [0.1, 0.15) is 18.5 Å². The van der Waals surface area contributed by atoms with Crippen LogP contribution < -0.4 is 10.1 Å². The first-order valence-electron chi connectivity index (χ1n) is 6.69. The molecule has 1 aromatic rings. The molecule has 0 radical (unpaired) electrons. The van der Waals surface area contributed by atoms with Gasteiger partial charge >= 0.3 is 0 Å². The average Bonchev–Trinajstić information content (AvgIpc) is 2.38. The van der Waals surface area contributed by atoms with Crippen molar-refractivity contribution < 1.29 is 9.84 Å². The molecule has 0 spiro atoms. The number of benzene rings is 1. The first kappa shape index (κ1) is 16.3. The molecular formula is C15H25NO2S. The largest absolute Gasteiger partial charge is 0.491 e. The summed E-state index contributed by atoms with van der Waals surface area (Å²) in [6.07, 6.45) is 1.64. The number of aryl methyl sites for hydroxylation is 1. The highest BCUT2D eigenvalue weighted by Gasteiger charge is 2.06. The Morgan fingerprint density at radius 3 is 2.58 bits per heavy atom. The van der Waals surface area contributed by atoms with Gasteiger partial charge in [-0.15, -0.1) is 0 Å². The van der Waals surface area contributed by atoms with E-state index in [1.807, 2.05) is 43.0 Å². The molecule has 0 amide bonds. The Labute approximate surface area is 120 Å². The van der Waals surface area contributed by atoms with Crippen LogP contribution in [0.1, 0.15) is 12.5 Å². The maximum Gasteiger partial charge on any atom is 0.119 e. The third kappa shape index (κ3) is 7.45. The molecule has 108 valence electrons. The molecule has 19 heavy (non-hydrogen) atoms. The second-order valence-corrected chi connectivity index (χ2v) is 5.91. The van der Waals surface area contributed by atoms with E-state index in [-0.39, 0.29) is 0 Å². The van der Waals surface area contributed by atoms with E-state index in [1.165, 1.54) is 5.56 Å². The van der Waals surface area contributed by atoms with Crippen molar-refractivity contribution in [3.63, 3.8) is 0 Å². The molecule has 0 saturated carbocycles. The lowest BCUT2D eigenvalue weighted by Crippen LogP contribution is -2.34. The minimum absolute atomic E-state index is 0.326. The van der Waals surface area contributed by atoms with E-state index in [2.05, 4.69) is 18.5 Å². The summed E-state index contributed by atoms with van der Waals surface area (Å²) >= 11 is 1.85. The number of ether oxygens (including phenoxy) is 1. The molecule has 0 heterocycles. The van der Waals surface area contributed by atoms with Crippen LogP contribution in [-0.2, 0) is 0 Å². The first-order chi connectivity index (χ1) is 9.11. The smallest absolute Gasteiger partial charge is 0.119 e. The molecule has 3 nitrogen and oxygen atoms in total. The summed E-state index contributed by atoms with van der Waals surface area (Å²) in [5, 5.41) is 13.1. The maximum atomic E-state index is 9.82. The second kappa shape index (κ2) is 9.23. The van der Waals surface area contributed by atoms with Crippen LogP contribution in [0.25, 0.3) is 0 Å². The van der Waals surface area contributed by atoms with Crippen molar-refractivity contribution in [2.75, 3.05) is 31.7 Å². The molecular weight excluding hydrogens is 258 g/mol. The highest BCUT2D eigenvalue weighted by Crippen LogP contribution is 2.11. The Kier molecular flexibility index (Phi) is 7.94. The average molecular weight is 283 g/mol. The van der Waals surface area contributed by atoms with Gasteiger partial charge in [0.15, 0.2) is 0 Å². The summed E-state index contributed by atoms with van der Waals surface area (Å²) in [6.45, 7) is 6.08. The lowest BCUT2D eigenvalue weighted by Gasteiger charge is -2.15. The first-order valence-corrected chi connectivity index (χ1v) is 8.08. The van der Waals surface area contributed by atoms with E-state index in [0.29, 0.717) is 19.1 Å². The van der Waals surface area contributed by atoms with Crippen LogP contribution in [0.5, 0.6) is 5.75 Å². The summed E-state index contributed by atoms with van der Waals surface area (Å²) in [7, 11) is 0. The fraction of sp³-hybridized carbons (Fsp3) is 0.600. The molecule has 1 aromatic carbocycles. The Bertz CT molecular complexity index is 343. The van der Waals surface area contributed by atoms with Crippen molar-refractivity contribution in [3.05, 3.63) is 29.8 Å². The predicted molar refractivity (Wildman–Crippen MR) is 83.1 cm³/mol. The summed E-state index contributed by atoms with van der Waals surface area (Å²) in [6, 6.07) is 7.86. The van der Waals surface area contributed by atoms with E-state index < -0.39 is 6.10 Å². The molecule has 0 aliphatic rings. The van der Waals surface area contributed by atoms with Gasteiger partial charge < -0.3 is 15.2 Å². The molecule has 0 aromatic heterocycles. The SMILES string of the molecule is CSCC(C)CNCC(O)COc1ccc(C)cc1. The highest BCUT2D eigenvalue weighted by molar-refractivity contribution is 7.98. The van der Waals surface area contributed by atoms with E-state index in [0.717, 1.165) is 18.0 Å². The lowest BCUT2D eigenvalue weighted by molar-refractivity contribution is 0.106. The summed E-state index contributed by atoms with van der Waals surface area (Å²) in [5.41, 5.74) is 1.21. The maximum absolute atomic E-state index is 9.82. The van der Waals surface area contributed by atoms with Crippen molar-refractivity contribution in [3.8, 4) is 5.75 Å². The standard InChI is InChI=1S/C15H25NO2S/c1-12-4-6-15(7-5-12)18-10-14(17)9-16-8-13(2)11-19-3/h4-7,13-14,16-17H,8-11H2,1-3H3. The molecule has 1 rings (SSSR count). The summed E-state index contributed by atoms with van der Waals surface area (Å²) < 4.78 is 5.53. The zero-order valence-electron chi connectivity index (χ0n) is 12.1. The topological polar surface area (TPSA) is 41.5 Å². The lowest BCUT2D eigenvalue weighted by atomic mass is 10.2. The Morgan fingerprint density at radius 2 is 1.95 bits per heavy atom. The van der Waals surface area contributed by atoms with E-state index in [4.69, 9.17) is 4.74 Å². The zero-order chi connectivity index (χ0) is 14.1. The van der Waals surface area contributed by atoms with Gasteiger partial charge in [-0.1, -0.05) is 24.6 Å². The van der Waals surface area contributed by atoms with Gasteiger partial charge in [-0.3, -0.25) is 0 Å².